The van der Waals surface area contributed by atoms with Crippen molar-refractivity contribution in [1.82, 2.24) is 24.7 Å². The fraction of sp³-hybridized carbons (Fsp3) is 0.625. The molecule has 0 aliphatic carbocycles. The number of hydrogen-bond donors (Lipinski definition) is 1. The fourth-order valence-electron chi connectivity index (χ4n) is 2.28. The molecule has 2 aromatic heterocycles. The quantitative estimate of drug-likeness (QED) is 0.832. The first-order valence-corrected chi connectivity index (χ1v) is 8.06. The van der Waals surface area contributed by atoms with Crippen molar-refractivity contribution in [3.8, 4) is 0 Å². The number of ether oxygens (including phenoxy) is 1. The van der Waals surface area contributed by atoms with E-state index in [-0.39, 0.29) is 5.92 Å². The summed E-state index contributed by atoms with van der Waals surface area (Å²) in [6, 6.07) is 0. The average Bonchev–Trinajstić information content (AvgIpc) is 2.80. The van der Waals surface area contributed by atoms with E-state index in [1.165, 1.54) is 0 Å². The Labute approximate surface area is 143 Å². The minimum Gasteiger partial charge on any atom is -0.383 e. The molecule has 24 heavy (non-hydrogen) atoms. The molecule has 0 aromatic carbocycles. The Balaban J connectivity index is 2.35. The lowest BCUT2D eigenvalue weighted by Gasteiger charge is -2.15. The van der Waals surface area contributed by atoms with Gasteiger partial charge in [0.15, 0.2) is 0 Å². The maximum atomic E-state index is 5.13. The van der Waals surface area contributed by atoms with Crippen molar-refractivity contribution in [3.05, 3.63) is 17.2 Å². The SMILES string of the molecule is COCCn1nc(C)c(Nc2nc(C(C)C)nc(N(C)C)n2)c1C. The molecule has 2 aromatic rings. The van der Waals surface area contributed by atoms with E-state index in [1.54, 1.807) is 7.11 Å². The highest BCUT2D eigenvalue weighted by atomic mass is 16.5. The van der Waals surface area contributed by atoms with Crippen molar-refractivity contribution in [2.24, 2.45) is 0 Å². The summed E-state index contributed by atoms with van der Waals surface area (Å²) in [6.45, 7) is 9.46. The molecule has 0 saturated carbocycles. The van der Waals surface area contributed by atoms with E-state index in [4.69, 9.17) is 4.74 Å². The molecule has 8 heteroatoms. The van der Waals surface area contributed by atoms with Gasteiger partial charge in [0.05, 0.1) is 30.2 Å². The Morgan fingerprint density at radius 2 is 1.88 bits per heavy atom. The predicted molar refractivity (Wildman–Crippen MR) is 95.1 cm³/mol. The van der Waals surface area contributed by atoms with Crippen LogP contribution < -0.4 is 10.2 Å². The van der Waals surface area contributed by atoms with Gasteiger partial charge >= 0.3 is 0 Å². The van der Waals surface area contributed by atoms with Crippen LogP contribution in [0.4, 0.5) is 17.6 Å². The summed E-state index contributed by atoms with van der Waals surface area (Å²) in [5, 5.41) is 7.87. The third-order valence-corrected chi connectivity index (χ3v) is 3.68. The molecule has 8 nitrogen and oxygen atoms in total. The molecule has 0 fully saturated rings. The Hall–Kier alpha value is -2.22. The van der Waals surface area contributed by atoms with Gasteiger partial charge in [-0.1, -0.05) is 13.8 Å². The van der Waals surface area contributed by atoms with Crippen LogP contribution in [0.2, 0.25) is 0 Å². The fourth-order valence-corrected chi connectivity index (χ4v) is 2.28. The number of hydrogen-bond acceptors (Lipinski definition) is 7. The Morgan fingerprint density at radius 3 is 2.46 bits per heavy atom. The number of nitrogens with zero attached hydrogens (tertiary/aromatic N) is 6. The molecule has 0 unspecified atom stereocenters. The van der Waals surface area contributed by atoms with Gasteiger partial charge in [-0.2, -0.15) is 20.1 Å². The van der Waals surface area contributed by atoms with E-state index in [2.05, 4.69) is 39.2 Å². The molecule has 132 valence electrons. The summed E-state index contributed by atoms with van der Waals surface area (Å²) in [7, 11) is 5.52. The molecule has 1 N–H and O–H groups in total. The van der Waals surface area contributed by atoms with Gasteiger partial charge in [0.2, 0.25) is 11.9 Å². The van der Waals surface area contributed by atoms with Crippen LogP contribution in [0.3, 0.4) is 0 Å². The minimum absolute atomic E-state index is 0.221. The van der Waals surface area contributed by atoms with Gasteiger partial charge in [0.1, 0.15) is 5.82 Å². The highest BCUT2D eigenvalue weighted by Gasteiger charge is 2.15. The summed E-state index contributed by atoms with van der Waals surface area (Å²) in [4.78, 5) is 15.4. The van der Waals surface area contributed by atoms with Crippen molar-refractivity contribution >= 4 is 17.6 Å². The highest BCUT2D eigenvalue weighted by molar-refractivity contribution is 5.60. The van der Waals surface area contributed by atoms with Crippen LogP contribution in [0.1, 0.15) is 37.0 Å². The first-order chi connectivity index (χ1) is 11.3. The zero-order chi connectivity index (χ0) is 17.9. The van der Waals surface area contributed by atoms with Crippen molar-refractivity contribution in [3.63, 3.8) is 0 Å². The Morgan fingerprint density at radius 1 is 1.17 bits per heavy atom. The average molecular weight is 333 g/mol. The van der Waals surface area contributed by atoms with Crippen molar-refractivity contribution in [2.45, 2.75) is 40.2 Å². The van der Waals surface area contributed by atoms with Crippen LogP contribution in [0, 0.1) is 13.8 Å². The molecule has 0 amide bonds. The summed E-state index contributed by atoms with van der Waals surface area (Å²) >= 11 is 0. The number of aryl methyl sites for hydroxylation is 1. The third kappa shape index (κ3) is 4.00. The Kier molecular flexibility index (Phi) is 5.71. The van der Waals surface area contributed by atoms with Gasteiger partial charge in [-0.05, 0) is 13.8 Å². The second kappa shape index (κ2) is 7.57. The van der Waals surface area contributed by atoms with Crippen molar-refractivity contribution < 1.29 is 4.74 Å². The maximum Gasteiger partial charge on any atom is 0.232 e. The lowest BCUT2D eigenvalue weighted by molar-refractivity contribution is 0.182. The van der Waals surface area contributed by atoms with Crippen LogP contribution >= 0.6 is 0 Å². The van der Waals surface area contributed by atoms with Gasteiger partial charge < -0.3 is 15.0 Å². The highest BCUT2D eigenvalue weighted by Crippen LogP contribution is 2.24. The van der Waals surface area contributed by atoms with Gasteiger partial charge in [-0.25, -0.2) is 0 Å². The van der Waals surface area contributed by atoms with E-state index in [1.807, 2.05) is 37.5 Å². The normalized spacial score (nSPS) is 11.2. The van der Waals surface area contributed by atoms with Gasteiger partial charge in [-0.15, -0.1) is 0 Å². The summed E-state index contributed by atoms with van der Waals surface area (Å²) in [5.74, 6) is 2.16. The molecular formula is C16H27N7O. The summed E-state index contributed by atoms with van der Waals surface area (Å²) in [6.07, 6.45) is 0. The number of nitrogens with one attached hydrogen (secondary N) is 1. The molecule has 0 atom stereocenters. The molecule has 0 spiro atoms. The van der Waals surface area contributed by atoms with Crippen LogP contribution in [0.5, 0.6) is 0 Å². The van der Waals surface area contributed by atoms with Crippen LogP contribution in [0.25, 0.3) is 0 Å². The van der Waals surface area contributed by atoms with Gasteiger partial charge in [0, 0.05) is 27.1 Å². The zero-order valence-corrected chi connectivity index (χ0v) is 15.6. The predicted octanol–water partition coefficient (Wildman–Crippen LogP) is 2.26. The molecule has 0 bridgehead atoms. The lowest BCUT2D eigenvalue weighted by atomic mass is 10.2. The lowest BCUT2D eigenvalue weighted by Crippen LogP contribution is -2.16. The van der Waals surface area contributed by atoms with Crippen LogP contribution in [-0.2, 0) is 11.3 Å². The maximum absolute atomic E-state index is 5.13. The summed E-state index contributed by atoms with van der Waals surface area (Å²) < 4.78 is 7.06. The monoisotopic (exact) mass is 333 g/mol. The second-order valence-electron chi connectivity index (χ2n) is 6.25. The molecule has 0 aliphatic heterocycles. The van der Waals surface area contributed by atoms with E-state index < -0.39 is 0 Å². The van der Waals surface area contributed by atoms with E-state index in [9.17, 15) is 0 Å². The van der Waals surface area contributed by atoms with Crippen LogP contribution in [0.15, 0.2) is 0 Å². The third-order valence-electron chi connectivity index (χ3n) is 3.68. The molecule has 0 aliphatic rings. The zero-order valence-electron chi connectivity index (χ0n) is 15.6. The van der Waals surface area contributed by atoms with Crippen molar-refractivity contribution in [2.75, 3.05) is 38.0 Å². The largest absolute Gasteiger partial charge is 0.383 e. The van der Waals surface area contributed by atoms with Gasteiger partial charge in [-0.3, -0.25) is 4.68 Å². The Bertz CT molecular complexity index is 668. The molecular weight excluding hydrogens is 306 g/mol. The van der Waals surface area contributed by atoms with Crippen molar-refractivity contribution in [1.29, 1.82) is 0 Å². The van der Waals surface area contributed by atoms with E-state index in [0.29, 0.717) is 25.0 Å². The van der Waals surface area contributed by atoms with E-state index in [0.717, 1.165) is 22.9 Å². The molecule has 0 saturated heterocycles. The topological polar surface area (TPSA) is 81.0 Å². The first-order valence-electron chi connectivity index (χ1n) is 8.06. The summed E-state index contributed by atoms with van der Waals surface area (Å²) in [5.41, 5.74) is 2.86. The van der Waals surface area contributed by atoms with E-state index >= 15 is 0 Å². The number of rotatable bonds is 7. The smallest absolute Gasteiger partial charge is 0.232 e. The van der Waals surface area contributed by atoms with Gasteiger partial charge in [0.25, 0.3) is 0 Å². The molecule has 2 heterocycles. The van der Waals surface area contributed by atoms with Crippen LogP contribution in [-0.4, -0.2) is 52.5 Å². The first kappa shape index (κ1) is 18.1. The number of methoxy groups -OCH3 is 1. The standard InChI is InChI=1S/C16H27N7O/c1-10(2)14-18-15(20-16(19-14)22(5)6)17-13-11(3)21-23(12(13)4)8-9-24-7/h10H,8-9H2,1-7H3,(H,17,18,19,20). The molecule has 0 radical (unpaired) electrons. The number of anilines is 3. The second-order valence-corrected chi connectivity index (χ2v) is 6.25. The minimum atomic E-state index is 0.221. The molecule has 2 rings (SSSR count). The number of aromatic nitrogens is 5.